The fourth-order valence-electron chi connectivity index (χ4n) is 3.43. The van der Waals surface area contributed by atoms with Crippen molar-refractivity contribution in [2.45, 2.75) is 38.3 Å². The van der Waals surface area contributed by atoms with Crippen LogP contribution in [0.3, 0.4) is 0 Å². The number of hydrogen-bond acceptors (Lipinski definition) is 7. The van der Waals surface area contributed by atoms with Gasteiger partial charge in [0.1, 0.15) is 12.4 Å². The van der Waals surface area contributed by atoms with Crippen LogP contribution in [0.2, 0.25) is 0 Å². The maximum Gasteiger partial charge on any atom is 0.251 e. The van der Waals surface area contributed by atoms with Gasteiger partial charge in [0.15, 0.2) is 11.0 Å². The van der Waals surface area contributed by atoms with Gasteiger partial charge in [0.25, 0.3) is 5.91 Å². The van der Waals surface area contributed by atoms with Crippen LogP contribution in [0.25, 0.3) is 10.2 Å². The van der Waals surface area contributed by atoms with Crippen LogP contribution in [0, 0.1) is 6.92 Å². The normalized spacial score (nSPS) is 19.5. The van der Waals surface area contributed by atoms with Gasteiger partial charge in [-0.3, -0.25) is 4.79 Å². The van der Waals surface area contributed by atoms with Crippen LogP contribution in [0.1, 0.15) is 46.3 Å². The van der Waals surface area contributed by atoms with Crippen molar-refractivity contribution < 1.29 is 9.90 Å². The lowest BCUT2D eigenvalue weighted by Gasteiger charge is -2.35. The van der Waals surface area contributed by atoms with Crippen molar-refractivity contribution in [2.24, 2.45) is 7.05 Å². The Morgan fingerprint density at radius 3 is 2.88 bits per heavy atom. The van der Waals surface area contributed by atoms with Crippen LogP contribution in [-0.4, -0.2) is 36.8 Å². The van der Waals surface area contributed by atoms with Crippen LogP contribution in [0.5, 0.6) is 0 Å². The van der Waals surface area contributed by atoms with Gasteiger partial charge in [-0.15, -0.1) is 10.2 Å². The molecule has 9 heteroatoms. The Bertz CT molecular complexity index is 989. The molecule has 2 heterocycles. The van der Waals surface area contributed by atoms with Gasteiger partial charge >= 0.3 is 0 Å². The lowest BCUT2D eigenvalue weighted by Crippen LogP contribution is -2.44. The van der Waals surface area contributed by atoms with Crippen molar-refractivity contribution in [3.05, 3.63) is 34.9 Å². The van der Waals surface area contributed by atoms with Gasteiger partial charge in [0, 0.05) is 24.6 Å². The average molecular weight is 372 g/mol. The van der Waals surface area contributed by atoms with Crippen molar-refractivity contribution >= 4 is 32.6 Å². The highest BCUT2D eigenvalue weighted by Crippen LogP contribution is 2.36. The van der Waals surface area contributed by atoms with Crippen LogP contribution in [0.15, 0.2) is 12.1 Å². The van der Waals surface area contributed by atoms with Gasteiger partial charge in [-0.2, -0.15) is 0 Å². The standard InChI is InChI=1S/C17H20N6O2S/c1-8-3-10(6-12-14(8)20-17(18)26-12)16(25)19-11-4-9(5-11)15-22-21-13(7-24)23(15)2/h3,6,9,11,24H,4-5,7H2,1-2H3,(H2,18,20)(H,19,25). The molecule has 0 aliphatic heterocycles. The average Bonchev–Trinajstić information content (AvgIpc) is 3.12. The summed E-state index contributed by atoms with van der Waals surface area (Å²) in [6.45, 7) is 1.81. The second kappa shape index (κ2) is 6.33. The van der Waals surface area contributed by atoms with Gasteiger partial charge in [0.05, 0.1) is 10.2 Å². The van der Waals surface area contributed by atoms with E-state index in [0.717, 1.165) is 34.4 Å². The topological polar surface area (TPSA) is 119 Å². The number of amides is 1. The molecule has 1 aromatic carbocycles. The number of aromatic nitrogens is 4. The largest absolute Gasteiger partial charge is 0.388 e. The molecular weight excluding hydrogens is 352 g/mol. The highest BCUT2D eigenvalue weighted by Gasteiger charge is 2.35. The summed E-state index contributed by atoms with van der Waals surface area (Å²) < 4.78 is 2.75. The van der Waals surface area contributed by atoms with E-state index < -0.39 is 0 Å². The summed E-state index contributed by atoms with van der Waals surface area (Å²) in [6.07, 6.45) is 1.63. The number of fused-ring (bicyclic) bond motifs is 1. The zero-order valence-corrected chi connectivity index (χ0v) is 15.4. The summed E-state index contributed by atoms with van der Waals surface area (Å²) in [4.78, 5) is 16.9. The predicted molar refractivity (Wildman–Crippen MR) is 98.9 cm³/mol. The molecule has 1 amide bonds. The summed E-state index contributed by atoms with van der Waals surface area (Å²) in [7, 11) is 1.85. The van der Waals surface area contributed by atoms with E-state index in [2.05, 4.69) is 20.5 Å². The Kier molecular flexibility index (Phi) is 4.12. The quantitative estimate of drug-likeness (QED) is 0.638. The molecule has 4 N–H and O–H groups in total. The van der Waals surface area contributed by atoms with Gasteiger partial charge < -0.3 is 20.7 Å². The maximum absolute atomic E-state index is 12.6. The predicted octanol–water partition coefficient (Wildman–Crippen LogP) is 1.48. The molecule has 0 saturated heterocycles. The van der Waals surface area contributed by atoms with E-state index in [9.17, 15) is 9.90 Å². The summed E-state index contributed by atoms with van der Waals surface area (Å²) in [5.74, 6) is 1.58. The van der Waals surface area contributed by atoms with Crippen LogP contribution in [-0.2, 0) is 13.7 Å². The molecule has 4 rings (SSSR count). The second-order valence-electron chi connectivity index (χ2n) is 6.72. The first-order valence-corrected chi connectivity index (χ1v) is 9.24. The van der Waals surface area contributed by atoms with E-state index in [0.29, 0.717) is 16.5 Å². The lowest BCUT2D eigenvalue weighted by molar-refractivity contribution is 0.0907. The number of anilines is 1. The van der Waals surface area contributed by atoms with E-state index in [4.69, 9.17) is 5.73 Å². The molecular formula is C17H20N6O2S. The minimum absolute atomic E-state index is 0.0839. The van der Waals surface area contributed by atoms with E-state index in [1.807, 2.05) is 30.7 Å². The molecule has 0 radical (unpaired) electrons. The fraction of sp³-hybridized carbons (Fsp3) is 0.412. The van der Waals surface area contributed by atoms with Crippen molar-refractivity contribution in [1.29, 1.82) is 0 Å². The second-order valence-corrected chi connectivity index (χ2v) is 7.78. The number of nitrogens with two attached hydrogens (primary N) is 1. The highest BCUT2D eigenvalue weighted by molar-refractivity contribution is 7.22. The molecule has 0 spiro atoms. The third-order valence-electron chi connectivity index (χ3n) is 4.94. The van der Waals surface area contributed by atoms with E-state index in [1.54, 1.807) is 0 Å². The van der Waals surface area contributed by atoms with Crippen LogP contribution in [0.4, 0.5) is 5.13 Å². The van der Waals surface area contributed by atoms with Crippen molar-refractivity contribution in [3.8, 4) is 0 Å². The Hall–Kier alpha value is -2.52. The molecule has 0 bridgehead atoms. The highest BCUT2D eigenvalue weighted by atomic mass is 32.1. The summed E-state index contributed by atoms with van der Waals surface area (Å²) >= 11 is 1.39. The van der Waals surface area contributed by atoms with E-state index >= 15 is 0 Å². The van der Waals surface area contributed by atoms with Gasteiger partial charge in [0.2, 0.25) is 0 Å². The summed E-state index contributed by atoms with van der Waals surface area (Å²) in [5, 5.41) is 20.9. The molecule has 1 aliphatic rings. The molecule has 8 nitrogen and oxygen atoms in total. The minimum Gasteiger partial charge on any atom is -0.388 e. The Morgan fingerprint density at radius 2 is 2.19 bits per heavy atom. The van der Waals surface area contributed by atoms with Crippen molar-refractivity contribution in [3.63, 3.8) is 0 Å². The first kappa shape index (κ1) is 16.9. The third kappa shape index (κ3) is 2.82. The molecule has 1 saturated carbocycles. The number of rotatable bonds is 4. The van der Waals surface area contributed by atoms with Gasteiger partial charge in [-0.1, -0.05) is 11.3 Å². The summed E-state index contributed by atoms with van der Waals surface area (Å²) in [6, 6.07) is 3.81. The number of nitrogens with one attached hydrogen (secondary N) is 1. The van der Waals surface area contributed by atoms with Gasteiger partial charge in [-0.25, -0.2) is 4.98 Å². The van der Waals surface area contributed by atoms with Gasteiger partial charge in [-0.05, 0) is 37.5 Å². The number of aryl methyl sites for hydroxylation is 1. The number of aliphatic hydroxyl groups excluding tert-OH is 1. The number of benzene rings is 1. The number of nitrogens with zero attached hydrogens (tertiary/aromatic N) is 4. The van der Waals surface area contributed by atoms with Crippen molar-refractivity contribution in [1.82, 2.24) is 25.1 Å². The zero-order valence-electron chi connectivity index (χ0n) is 14.6. The Labute approximate surface area is 154 Å². The SMILES string of the molecule is Cc1cc(C(=O)NC2CC(c3nnc(CO)n3C)C2)cc2sc(N)nc12. The molecule has 26 heavy (non-hydrogen) atoms. The van der Waals surface area contributed by atoms with Crippen LogP contribution >= 0.6 is 11.3 Å². The van der Waals surface area contributed by atoms with E-state index in [-0.39, 0.29) is 24.5 Å². The summed E-state index contributed by atoms with van der Waals surface area (Å²) in [5.41, 5.74) is 8.20. The molecule has 0 atom stereocenters. The van der Waals surface area contributed by atoms with E-state index in [1.165, 1.54) is 11.3 Å². The first-order valence-electron chi connectivity index (χ1n) is 8.42. The first-order chi connectivity index (χ1) is 12.5. The zero-order chi connectivity index (χ0) is 18.4. The Balaban J connectivity index is 1.43. The number of carbonyl (C=O) groups excluding carboxylic acids is 1. The molecule has 2 aromatic heterocycles. The number of carbonyl (C=O) groups is 1. The molecule has 1 fully saturated rings. The molecule has 1 aliphatic carbocycles. The number of hydrogen-bond donors (Lipinski definition) is 3. The minimum atomic E-state index is -0.125. The Morgan fingerprint density at radius 1 is 1.42 bits per heavy atom. The van der Waals surface area contributed by atoms with Crippen LogP contribution < -0.4 is 11.1 Å². The molecule has 0 unspecified atom stereocenters. The third-order valence-corrected chi connectivity index (χ3v) is 5.77. The van der Waals surface area contributed by atoms with Crippen molar-refractivity contribution in [2.75, 3.05) is 5.73 Å². The molecule has 136 valence electrons. The smallest absolute Gasteiger partial charge is 0.251 e. The maximum atomic E-state index is 12.6. The number of aliphatic hydroxyl groups is 1. The number of thiazole rings is 1. The monoisotopic (exact) mass is 372 g/mol. The fourth-order valence-corrected chi connectivity index (χ4v) is 4.28. The lowest BCUT2D eigenvalue weighted by atomic mass is 9.79. The number of nitrogen functional groups attached to an aromatic ring is 1. The molecule has 3 aromatic rings.